The maximum Gasteiger partial charge on any atom is 0.409 e. The van der Waals surface area contributed by atoms with Gasteiger partial charge in [-0.15, -0.1) is 0 Å². The van der Waals surface area contributed by atoms with Crippen LogP contribution < -0.4 is 26.4 Å². The van der Waals surface area contributed by atoms with Crippen LogP contribution in [0.3, 0.4) is 0 Å². The summed E-state index contributed by atoms with van der Waals surface area (Å²) in [5.74, 6) is 0.163. The molecule has 4 N–H and O–H groups in total. The first kappa shape index (κ1) is 24.5. The number of carbonyl (C=O) groups excluding carboxylic acids is 2. The largest absolute Gasteiger partial charge is 0.450 e. The van der Waals surface area contributed by atoms with E-state index in [2.05, 4.69) is 38.4 Å². The van der Waals surface area contributed by atoms with E-state index in [1.807, 2.05) is 49.1 Å². The predicted octanol–water partition coefficient (Wildman–Crippen LogP) is 0.890. The Morgan fingerprint density at radius 2 is 1.89 bits per heavy atom. The summed E-state index contributed by atoms with van der Waals surface area (Å²) in [4.78, 5) is 28.9. The number of benzene rings is 1. The number of rotatable bonds is 5. The van der Waals surface area contributed by atoms with Gasteiger partial charge in [-0.25, -0.2) is 10.2 Å². The van der Waals surface area contributed by atoms with Crippen LogP contribution in [0.25, 0.3) is 0 Å². The summed E-state index contributed by atoms with van der Waals surface area (Å²) in [6.45, 7) is 7.82. The molecule has 3 aliphatic heterocycles. The number of nitrogens with zero attached hydrogens (tertiary/aromatic N) is 4. The third kappa shape index (κ3) is 4.91. The van der Waals surface area contributed by atoms with Gasteiger partial charge in [0.1, 0.15) is 0 Å². The van der Waals surface area contributed by atoms with Crippen molar-refractivity contribution in [2.24, 2.45) is 13.0 Å². The lowest BCUT2D eigenvalue weighted by molar-refractivity contribution is 0.0913. The average Bonchev–Trinajstić information content (AvgIpc) is 3.46. The van der Waals surface area contributed by atoms with Crippen molar-refractivity contribution in [1.29, 1.82) is 0 Å². The van der Waals surface area contributed by atoms with Gasteiger partial charge in [-0.3, -0.25) is 14.9 Å². The van der Waals surface area contributed by atoms with E-state index in [9.17, 15) is 9.59 Å². The molecule has 3 aliphatic rings. The fraction of sp³-hybridized carbons (Fsp3) is 0.560. The fourth-order valence-electron chi connectivity index (χ4n) is 5.42. The number of amides is 2. The monoisotopic (exact) mass is 496 g/mol. The maximum atomic E-state index is 13.1. The second-order valence-corrected chi connectivity index (χ2v) is 9.74. The first-order valence-corrected chi connectivity index (χ1v) is 12.7. The third-order valence-corrected chi connectivity index (χ3v) is 7.70. The second-order valence-electron chi connectivity index (χ2n) is 9.74. The first-order valence-electron chi connectivity index (χ1n) is 12.7. The number of anilines is 1. The van der Waals surface area contributed by atoms with E-state index in [-0.39, 0.29) is 36.2 Å². The van der Waals surface area contributed by atoms with E-state index in [0.717, 1.165) is 37.4 Å². The molecule has 4 atom stereocenters. The van der Waals surface area contributed by atoms with Crippen molar-refractivity contribution in [1.82, 2.24) is 36.2 Å². The minimum atomic E-state index is -0.253. The van der Waals surface area contributed by atoms with Gasteiger partial charge in [-0.05, 0) is 44.5 Å². The van der Waals surface area contributed by atoms with Gasteiger partial charge < -0.3 is 25.2 Å². The van der Waals surface area contributed by atoms with E-state index < -0.39 is 0 Å². The van der Waals surface area contributed by atoms with Gasteiger partial charge >= 0.3 is 6.09 Å². The molecule has 36 heavy (non-hydrogen) atoms. The van der Waals surface area contributed by atoms with Crippen LogP contribution in [0.5, 0.6) is 0 Å². The Kier molecular flexibility index (Phi) is 7.13. The van der Waals surface area contributed by atoms with Crippen LogP contribution in [0.4, 0.5) is 10.5 Å². The highest BCUT2D eigenvalue weighted by Gasteiger charge is 2.42. The van der Waals surface area contributed by atoms with Crippen molar-refractivity contribution in [3.05, 3.63) is 47.3 Å². The van der Waals surface area contributed by atoms with Crippen molar-refractivity contribution >= 4 is 17.7 Å². The third-order valence-electron chi connectivity index (χ3n) is 7.70. The van der Waals surface area contributed by atoms with Crippen LogP contribution in [0.15, 0.2) is 30.5 Å². The van der Waals surface area contributed by atoms with Crippen LogP contribution >= 0.6 is 0 Å². The van der Waals surface area contributed by atoms with E-state index >= 15 is 0 Å². The Bertz CT molecular complexity index is 1080. The van der Waals surface area contributed by atoms with Crippen LogP contribution in [0.2, 0.25) is 0 Å². The van der Waals surface area contributed by atoms with E-state index in [0.29, 0.717) is 25.3 Å². The van der Waals surface area contributed by atoms with Gasteiger partial charge in [0.15, 0.2) is 0 Å². The molecule has 194 valence electrons. The molecule has 0 saturated carbocycles. The lowest BCUT2D eigenvalue weighted by Crippen LogP contribution is -2.49. The summed E-state index contributed by atoms with van der Waals surface area (Å²) in [6, 6.07) is 8.15. The van der Waals surface area contributed by atoms with Crippen molar-refractivity contribution < 1.29 is 14.3 Å². The second kappa shape index (κ2) is 10.5. The number of hydrogen-bond acceptors (Lipinski definition) is 8. The number of aryl methyl sites for hydroxylation is 1. The van der Waals surface area contributed by atoms with Crippen LogP contribution in [-0.2, 0) is 11.8 Å². The molecular formula is C25H36N8O3. The maximum absolute atomic E-state index is 13.1. The average molecular weight is 497 g/mol. The molecule has 0 aliphatic carbocycles. The molecule has 0 bridgehead atoms. The topological polar surface area (TPSA) is 116 Å². The smallest absolute Gasteiger partial charge is 0.409 e. The molecule has 2 amide bonds. The van der Waals surface area contributed by atoms with Crippen LogP contribution in [0.1, 0.15) is 41.0 Å². The Balaban J connectivity index is 1.17. The lowest BCUT2D eigenvalue weighted by atomic mass is 9.85. The molecule has 1 aromatic carbocycles. The number of piperazine rings is 1. The van der Waals surface area contributed by atoms with E-state index in [4.69, 9.17) is 4.74 Å². The molecule has 4 unspecified atom stereocenters. The summed E-state index contributed by atoms with van der Waals surface area (Å²) in [7, 11) is 1.96. The van der Waals surface area contributed by atoms with Gasteiger partial charge in [0.2, 0.25) is 0 Å². The van der Waals surface area contributed by atoms with Crippen LogP contribution in [0, 0.1) is 12.8 Å². The molecule has 2 aromatic rings. The molecule has 11 nitrogen and oxygen atoms in total. The first-order chi connectivity index (χ1) is 17.4. The van der Waals surface area contributed by atoms with Crippen molar-refractivity contribution in [3.63, 3.8) is 0 Å². The van der Waals surface area contributed by atoms with Crippen molar-refractivity contribution in [2.45, 2.75) is 38.5 Å². The van der Waals surface area contributed by atoms with Gasteiger partial charge in [0.25, 0.3) is 5.91 Å². The Morgan fingerprint density at radius 3 is 2.56 bits per heavy atom. The Hall–Kier alpha value is -3.15. The SMILES string of the molecule is CCOC(=O)N1CCN(c2ccc(C(=O)NC3NNC4CNC(c5cnn(C)c5C)CC43)cc2)CC1. The minimum absolute atomic E-state index is 0.0960. The van der Waals surface area contributed by atoms with Crippen molar-refractivity contribution in [2.75, 3.05) is 44.2 Å². The summed E-state index contributed by atoms with van der Waals surface area (Å²) >= 11 is 0. The minimum Gasteiger partial charge on any atom is -0.450 e. The summed E-state index contributed by atoms with van der Waals surface area (Å²) < 4.78 is 6.99. The summed E-state index contributed by atoms with van der Waals surface area (Å²) in [5, 5.41) is 11.2. The number of carbonyl (C=O) groups is 2. The fourth-order valence-corrected chi connectivity index (χ4v) is 5.42. The molecule has 5 rings (SSSR count). The number of ether oxygens (including phenoxy) is 1. The molecular weight excluding hydrogens is 460 g/mol. The number of piperidine rings is 1. The number of aromatic nitrogens is 2. The molecule has 0 spiro atoms. The van der Waals surface area contributed by atoms with Gasteiger partial charge in [0.05, 0.1) is 19.0 Å². The Labute approximate surface area is 211 Å². The van der Waals surface area contributed by atoms with E-state index in [1.54, 1.807) is 4.90 Å². The van der Waals surface area contributed by atoms with Crippen molar-refractivity contribution in [3.8, 4) is 0 Å². The highest BCUT2D eigenvalue weighted by molar-refractivity contribution is 5.94. The van der Waals surface area contributed by atoms with Gasteiger partial charge in [-0.2, -0.15) is 5.10 Å². The zero-order chi connectivity index (χ0) is 25.2. The normalized spacial score (nSPS) is 26.0. The molecule has 4 heterocycles. The number of nitrogens with one attached hydrogen (secondary N) is 4. The zero-order valence-electron chi connectivity index (χ0n) is 21.2. The standard InChI is InChI=1S/C25H36N8O3/c1-4-36-25(35)33-11-9-32(10-12-33)18-7-5-17(6-8-18)24(34)28-23-19-13-21(26-15-22(19)29-30-23)20-14-27-31(3)16(20)2/h5-8,14,19,21-23,26,29-30H,4,9-13,15H2,1-3H3,(H,28,34). The number of fused-ring (bicyclic) bond motifs is 1. The highest BCUT2D eigenvalue weighted by Crippen LogP contribution is 2.32. The Morgan fingerprint density at radius 1 is 1.14 bits per heavy atom. The lowest BCUT2D eigenvalue weighted by Gasteiger charge is -2.35. The molecule has 3 fully saturated rings. The van der Waals surface area contributed by atoms with Gasteiger partial charge in [-0.1, -0.05) is 0 Å². The molecule has 1 aromatic heterocycles. The predicted molar refractivity (Wildman–Crippen MR) is 135 cm³/mol. The number of hydrazine groups is 1. The summed E-state index contributed by atoms with van der Waals surface area (Å²) in [6.07, 6.45) is 2.44. The zero-order valence-corrected chi connectivity index (χ0v) is 21.2. The number of hydrogen-bond donors (Lipinski definition) is 4. The molecule has 0 radical (unpaired) electrons. The molecule has 3 saturated heterocycles. The highest BCUT2D eigenvalue weighted by atomic mass is 16.6. The van der Waals surface area contributed by atoms with Crippen LogP contribution in [-0.4, -0.2) is 78.2 Å². The van der Waals surface area contributed by atoms with E-state index in [1.165, 1.54) is 5.56 Å². The molecule has 11 heteroatoms. The summed E-state index contributed by atoms with van der Waals surface area (Å²) in [5.41, 5.74) is 10.7. The quantitative estimate of drug-likeness (QED) is 0.483. The van der Waals surface area contributed by atoms with Gasteiger partial charge in [0, 0.05) is 80.3 Å².